The summed E-state index contributed by atoms with van der Waals surface area (Å²) in [5, 5.41) is 2.82. The van der Waals surface area contributed by atoms with Gasteiger partial charge in [-0.05, 0) is 24.3 Å². The largest absolute Gasteiger partial charge is 0.491 e. The molecule has 0 unspecified atom stereocenters. The fourth-order valence-electron chi connectivity index (χ4n) is 1.99. The first kappa shape index (κ1) is 14.2. The number of pyridine rings is 1. The molecular weight excluding hydrogens is 302 g/mol. The van der Waals surface area contributed by atoms with E-state index in [0.717, 1.165) is 27.4 Å². The average Bonchev–Trinajstić information content (AvgIpc) is 2.53. The van der Waals surface area contributed by atoms with E-state index in [-0.39, 0.29) is 0 Å². The minimum Gasteiger partial charge on any atom is -0.491 e. The molecular formula is C17H14ClNOS. The molecule has 4 heteroatoms. The fraction of sp³-hybridized carbons (Fsp3) is 0.118. The van der Waals surface area contributed by atoms with Gasteiger partial charge in [0, 0.05) is 11.1 Å². The molecule has 21 heavy (non-hydrogen) atoms. The summed E-state index contributed by atoms with van der Waals surface area (Å²) in [6.45, 7) is 0.600. The third kappa shape index (κ3) is 3.69. The summed E-state index contributed by atoms with van der Waals surface area (Å²) in [4.78, 5) is 4.62. The quantitative estimate of drug-likeness (QED) is 0.485. The minimum atomic E-state index is 0.600. The summed E-state index contributed by atoms with van der Waals surface area (Å²) < 4.78 is 5.67. The van der Waals surface area contributed by atoms with Crippen molar-refractivity contribution in [2.24, 2.45) is 0 Å². The van der Waals surface area contributed by atoms with E-state index in [4.69, 9.17) is 16.3 Å². The van der Waals surface area contributed by atoms with Crippen LogP contribution >= 0.6 is 23.4 Å². The van der Waals surface area contributed by atoms with Crippen molar-refractivity contribution in [2.75, 3.05) is 12.4 Å². The number of halogens is 1. The van der Waals surface area contributed by atoms with Gasteiger partial charge in [-0.25, -0.2) is 4.98 Å². The average molecular weight is 316 g/mol. The lowest BCUT2D eigenvalue weighted by molar-refractivity contribution is 0.344. The van der Waals surface area contributed by atoms with Gasteiger partial charge in [0.25, 0.3) is 0 Å². The third-order valence-corrected chi connectivity index (χ3v) is 4.21. The van der Waals surface area contributed by atoms with E-state index in [1.807, 2.05) is 48.5 Å². The molecule has 1 heterocycles. The van der Waals surface area contributed by atoms with Crippen LogP contribution in [0, 0.1) is 0 Å². The molecule has 0 N–H and O–H groups in total. The van der Waals surface area contributed by atoms with Crippen molar-refractivity contribution >= 4 is 34.3 Å². The zero-order valence-electron chi connectivity index (χ0n) is 11.3. The Kier molecular flexibility index (Phi) is 4.63. The highest BCUT2D eigenvalue weighted by molar-refractivity contribution is 7.99. The second-order valence-electron chi connectivity index (χ2n) is 4.47. The molecule has 106 valence electrons. The van der Waals surface area contributed by atoms with Crippen molar-refractivity contribution in [3.63, 3.8) is 0 Å². The Hall–Kier alpha value is -1.71. The molecule has 0 aliphatic rings. The number of para-hydroxylation sites is 2. The van der Waals surface area contributed by atoms with Crippen LogP contribution < -0.4 is 4.74 Å². The summed E-state index contributed by atoms with van der Waals surface area (Å²) in [6.07, 6.45) is 0. The molecule has 3 rings (SSSR count). The van der Waals surface area contributed by atoms with Gasteiger partial charge in [0.05, 0.1) is 22.2 Å². The Morgan fingerprint density at radius 1 is 0.952 bits per heavy atom. The second kappa shape index (κ2) is 6.83. The van der Waals surface area contributed by atoms with Gasteiger partial charge in [0.1, 0.15) is 5.75 Å². The van der Waals surface area contributed by atoms with Crippen LogP contribution in [0.4, 0.5) is 0 Å². The standard InChI is InChI=1S/C17H14ClNOS/c18-14-6-2-4-8-16(14)20-11-12-21-17-10-9-13-5-1-3-7-15(13)19-17/h1-10H,11-12H2. The number of aromatic nitrogens is 1. The van der Waals surface area contributed by atoms with Crippen LogP contribution in [0.15, 0.2) is 65.7 Å². The Bertz CT molecular complexity index is 747. The maximum Gasteiger partial charge on any atom is 0.137 e. The van der Waals surface area contributed by atoms with Crippen LogP contribution in [0.3, 0.4) is 0 Å². The van der Waals surface area contributed by atoms with Crippen molar-refractivity contribution in [2.45, 2.75) is 5.03 Å². The molecule has 1 aromatic heterocycles. The van der Waals surface area contributed by atoms with Gasteiger partial charge < -0.3 is 4.74 Å². The molecule has 0 fully saturated rings. The lowest BCUT2D eigenvalue weighted by Crippen LogP contribution is -2.00. The maximum atomic E-state index is 6.04. The van der Waals surface area contributed by atoms with Crippen LogP contribution in [0.25, 0.3) is 10.9 Å². The van der Waals surface area contributed by atoms with Crippen molar-refractivity contribution in [3.05, 3.63) is 65.7 Å². The van der Waals surface area contributed by atoms with Crippen LogP contribution in [0.5, 0.6) is 5.75 Å². The molecule has 0 aliphatic heterocycles. The molecule has 0 radical (unpaired) electrons. The van der Waals surface area contributed by atoms with E-state index in [9.17, 15) is 0 Å². The normalized spacial score (nSPS) is 10.7. The number of benzene rings is 2. The number of hydrogen-bond donors (Lipinski definition) is 0. The number of ether oxygens (including phenoxy) is 1. The van der Waals surface area contributed by atoms with E-state index < -0.39 is 0 Å². The number of fused-ring (bicyclic) bond motifs is 1. The van der Waals surface area contributed by atoms with Gasteiger partial charge in [0.2, 0.25) is 0 Å². The summed E-state index contributed by atoms with van der Waals surface area (Å²) >= 11 is 7.72. The van der Waals surface area contributed by atoms with E-state index in [1.54, 1.807) is 11.8 Å². The van der Waals surface area contributed by atoms with E-state index in [1.165, 1.54) is 0 Å². The van der Waals surface area contributed by atoms with Gasteiger partial charge in [-0.1, -0.05) is 48.0 Å². The van der Waals surface area contributed by atoms with Gasteiger partial charge in [-0.3, -0.25) is 0 Å². The topological polar surface area (TPSA) is 22.1 Å². The Balaban J connectivity index is 1.56. The molecule has 2 aromatic carbocycles. The first-order chi connectivity index (χ1) is 10.3. The number of thioether (sulfide) groups is 1. The van der Waals surface area contributed by atoms with E-state index >= 15 is 0 Å². The summed E-state index contributed by atoms with van der Waals surface area (Å²) in [5.41, 5.74) is 1.02. The smallest absolute Gasteiger partial charge is 0.137 e. The summed E-state index contributed by atoms with van der Waals surface area (Å²) in [7, 11) is 0. The molecule has 0 bridgehead atoms. The molecule has 0 saturated heterocycles. The molecule has 3 aromatic rings. The minimum absolute atomic E-state index is 0.600. The maximum absolute atomic E-state index is 6.04. The SMILES string of the molecule is Clc1ccccc1OCCSc1ccc2ccccc2n1. The number of rotatable bonds is 5. The Morgan fingerprint density at radius 2 is 1.76 bits per heavy atom. The number of nitrogens with zero attached hydrogens (tertiary/aromatic N) is 1. The van der Waals surface area contributed by atoms with Gasteiger partial charge in [-0.15, -0.1) is 11.8 Å². The number of hydrogen-bond acceptors (Lipinski definition) is 3. The van der Waals surface area contributed by atoms with E-state index in [0.29, 0.717) is 11.6 Å². The molecule has 0 spiro atoms. The van der Waals surface area contributed by atoms with Crippen molar-refractivity contribution in [3.8, 4) is 5.75 Å². The van der Waals surface area contributed by atoms with Crippen molar-refractivity contribution < 1.29 is 4.74 Å². The van der Waals surface area contributed by atoms with Gasteiger partial charge in [0.15, 0.2) is 0 Å². The van der Waals surface area contributed by atoms with Crippen LogP contribution in [0.2, 0.25) is 5.02 Å². The van der Waals surface area contributed by atoms with Crippen molar-refractivity contribution in [1.29, 1.82) is 0 Å². The van der Waals surface area contributed by atoms with Gasteiger partial charge in [-0.2, -0.15) is 0 Å². The summed E-state index contributed by atoms with van der Waals surface area (Å²) in [5.74, 6) is 1.56. The van der Waals surface area contributed by atoms with Crippen LogP contribution in [-0.2, 0) is 0 Å². The predicted molar refractivity (Wildman–Crippen MR) is 89.4 cm³/mol. The van der Waals surface area contributed by atoms with Crippen LogP contribution in [-0.4, -0.2) is 17.3 Å². The molecule has 0 aliphatic carbocycles. The van der Waals surface area contributed by atoms with E-state index in [2.05, 4.69) is 17.1 Å². The second-order valence-corrected chi connectivity index (χ2v) is 5.99. The first-order valence-electron chi connectivity index (χ1n) is 6.69. The van der Waals surface area contributed by atoms with Crippen LogP contribution in [0.1, 0.15) is 0 Å². The first-order valence-corrected chi connectivity index (χ1v) is 8.05. The Morgan fingerprint density at radius 3 is 2.67 bits per heavy atom. The lowest BCUT2D eigenvalue weighted by atomic mass is 10.2. The molecule has 2 nitrogen and oxygen atoms in total. The Labute approximate surface area is 133 Å². The highest BCUT2D eigenvalue weighted by Crippen LogP contribution is 2.24. The summed E-state index contributed by atoms with van der Waals surface area (Å²) in [6, 6.07) is 19.8. The molecule has 0 atom stereocenters. The van der Waals surface area contributed by atoms with Gasteiger partial charge >= 0.3 is 0 Å². The highest BCUT2D eigenvalue weighted by Gasteiger charge is 2.01. The fourth-order valence-corrected chi connectivity index (χ4v) is 2.88. The molecule has 0 amide bonds. The predicted octanol–water partition coefficient (Wildman–Crippen LogP) is 5.06. The zero-order chi connectivity index (χ0) is 14.5. The lowest BCUT2D eigenvalue weighted by Gasteiger charge is -2.07. The zero-order valence-corrected chi connectivity index (χ0v) is 12.9. The third-order valence-electron chi connectivity index (χ3n) is 3.00. The highest BCUT2D eigenvalue weighted by atomic mass is 35.5. The van der Waals surface area contributed by atoms with Crippen molar-refractivity contribution in [1.82, 2.24) is 4.98 Å². The monoisotopic (exact) mass is 315 g/mol. The molecule has 0 saturated carbocycles.